The molecule has 0 aromatic rings. The first-order valence-electron chi connectivity index (χ1n) is 10.5. The Morgan fingerprint density at radius 3 is 2.62 bits per heavy atom. The lowest BCUT2D eigenvalue weighted by Crippen LogP contribution is -2.56. The molecule has 3 heterocycles. The number of rotatable bonds is 8. The molecule has 0 spiro atoms. The zero-order valence-corrected chi connectivity index (χ0v) is 19.8. The summed E-state index contributed by atoms with van der Waals surface area (Å²) in [4.78, 5) is 11.5. The van der Waals surface area contributed by atoms with Gasteiger partial charge in [-0.3, -0.25) is 4.79 Å². The number of allylic oxidation sites excluding steroid dienone is 1. The molecule has 0 aliphatic carbocycles. The van der Waals surface area contributed by atoms with Crippen molar-refractivity contribution in [2.45, 2.75) is 106 Å². The van der Waals surface area contributed by atoms with E-state index < -0.39 is 6.10 Å². The molecule has 0 radical (unpaired) electrons. The molecule has 0 aromatic heterocycles. The molecule has 8 atom stereocenters. The lowest BCUT2D eigenvalue weighted by molar-refractivity contribution is -0.243. The van der Waals surface area contributed by atoms with Crippen molar-refractivity contribution in [1.29, 1.82) is 0 Å². The molecule has 6 nitrogen and oxygen atoms in total. The number of hydrogen-bond acceptors (Lipinski definition) is 6. The van der Waals surface area contributed by atoms with Gasteiger partial charge in [-0.15, -0.1) is 11.6 Å². The Hall–Kier alpha value is 0.0700. The van der Waals surface area contributed by atoms with Crippen molar-refractivity contribution >= 4 is 40.2 Å². The SMILES string of the molecule is C=C(I)CC(Cl)CCC1CCC(C2CC(O)C3OC(CC(=O)OC)CCC3O2)O1. The summed E-state index contributed by atoms with van der Waals surface area (Å²) in [5.74, 6) is -0.287. The van der Waals surface area contributed by atoms with Crippen LogP contribution in [0.5, 0.6) is 0 Å². The van der Waals surface area contributed by atoms with Gasteiger partial charge >= 0.3 is 5.97 Å². The Labute approximate surface area is 191 Å². The van der Waals surface area contributed by atoms with Crippen LogP contribution in [0.1, 0.15) is 57.8 Å². The summed E-state index contributed by atoms with van der Waals surface area (Å²) in [6, 6.07) is 0. The number of esters is 1. The molecule has 0 bridgehead atoms. The molecule has 8 heteroatoms. The first kappa shape index (κ1) is 23.7. The maximum atomic E-state index is 11.5. The second-order valence-corrected chi connectivity index (χ2v) is 10.5. The maximum Gasteiger partial charge on any atom is 0.308 e. The fourth-order valence-corrected chi connectivity index (χ4v) is 5.72. The van der Waals surface area contributed by atoms with E-state index in [-0.39, 0.29) is 54.4 Å². The van der Waals surface area contributed by atoms with Gasteiger partial charge in [0, 0.05) is 11.8 Å². The molecule has 166 valence electrons. The van der Waals surface area contributed by atoms with Crippen LogP contribution < -0.4 is 0 Å². The fourth-order valence-electron chi connectivity index (χ4n) is 4.62. The lowest BCUT2D eigenvalue weighted by Gasteiger charge is -2.45. The van der Waals surface area contributed by atoms with Crippen molar-refractivity contribution in [3.8, 4) is 0 Å². The normalized spacial score (nSPS) is 38.3. The Kier molecular flexibility index (Phi) is 9.07. The molecule has 0 saturated carbocycles. The van der Waals surface area contributed by atoms with Gasteiger partial charge < -0.3 is 24.1 Å². The number of aliphatic hydroxyl groups excluding tert-OH is 1. The topological polar surface area (TPSA) is 74.2 Å². The van der Waals surface area contributed by atoms with E-state index in [0.717, 1.165) is 48.5 Å². The minimum atomic E-state index is -0.608. The first-order chi connectivity index (χ1) is 13.9. The van der Waals surface area contributed by atoms with Crippen LogP contribution in [0.3, 0.4) is 0 Å². The summed E-state index contributed by atoms with van der Waals surface area (Å²) in [6.07, 6.45) is 5.57. The third-order valence-electron chi connectivity index (χ3n) is 6.11. The molecule has 3 aliphatic rings. The van der Waals surface area contributed by atoms with Crippen molar-refractivity contribution in [3.63, 3.8) is 0 Å². The number of ether oxygens (including phenoxy) is 4. The van der Waals surface area contributed by atoms with E-state index in [0.29, 0.717) is 6.42 Å². The van der Waals surface area contributed by atoms with E-state index in [9.17, 15) is 9.90 Å². The van der Waals surface area contributed by atoms with Crippen LogP contribution in [0.4, 0.5) is 0 Å². The second kappa shape index (κ2) is 11.1. The monoisotopic (exact) mass is 542 g/mol. The summed E-state index contributed by atoms with van der Waals surface area (Å²) in [5.41, 5.74) is 0. The Morgan fingerprint density at radius 1 is 1.17 bits per heavy atom. The fraction of sp³-hybridized carbons (Fsp3) is 0.857. The van der Waals surface area contributed by atoms with E-state index in [1.807, 2.05) is 0 Å². The highest BCUT2D eigenvalue weighted by atomic mass is 127. The number of fused-ring (bicyclic) bond motifs is 1. The van der Waals surface area contributed by atoms with Gasteiger partial charge in [0.2, 0.25) is 0 Å². The minimum absolute atomic E-state index is 0.0108. The third kappa shape index (κ3) is 6.77. The van der Waals surface area contributed by atoms with Crippen LogP contribution >= 0.6 is 34.2 Å². The number of alkyl halides is 1. The van der Waals surface area contributed by atoms with Crippen molar-refractivity contribution < 1.29 is 28.8 Å². The van der Waals surface area contributed by atoms with Crippen LogP contribution in [-0.4, -0.2) is 66.3 Å². The smallest absolute Gasteiger partial charge is 0.308 e. The van der Waals surface area contributed by atoms with Gasteiger partial charge in [0.05, 0.1) is 50.2 Å². The van der Waals surface area contributed by atoms with Gasteiger partial charge in [-0.2, -0.15) is 0 Å². The quantitative estimate of drug-likeness (QED) is 0.285. The molecular formula is C21H32ClIO6. The van der Waals surface area contributed by atoms with Crippen LogP contribution in [0.2, 0.25) is 0 Å². The molecule has 8 unspecified atom stereocenters. The molecule has 0 aromatic carbocycles. The summed E-state index contributed by atoms with van der Waals surface area (Å²) in [7, 11) is 1.37. The molecular weight excluding hydrogens is 511 g/mol. The van der Waals surface area contributed by atoms with Gasteiger partial charge in [-0.1, -0.05) is 6.58 Å². The predicted octanol–water partition coefficient (Wildman–Crippen LogP) is 3.89. The lowest BCUT2D eigenvalue weighted by atomic mass is 9.88. The zero-order valence-electron chi connectivity index (χ0n) is 16.9. The molecule has 3 aliphatic heterocycles. The number of carbonyl (C=O) groups excluding carboxylic acids is 1. The number of carbonyl (C=O) groups is 1. The van der Waals surface area contributed by atoms with Crippen LogP contribution in [0, 0.1) is 0 Å². The van der Waals surface area contributed by atoms with Crippen molar-refractivity contribution in [1.82, 2.24) is 0 Å². The molecule has 29 heavy (non-hydrogen) atoms. The Bertz CT molecular complexity index is 575. The van der Waals surface area contributed by atoms with Gasteiger partial charge in [0.25, 0.3) is 0 Å². The van der Waals surface area contributed by atoms with Crippen LogP contribution in [0.15, 0.2) is 10.2 Å². The van der Waals surface area contributed by atoms with E-state index >= 15 is 0 Å². The molecule has 1 N–H and O–H groups in total. The van der Waals surface area contributed by atoms with Crippen molar-refractivity contribution in [2.24, 2.45) is 0 Å². The highest BCUT2D eigenvalue weighted by Crippen LogP contribution is 2.37. The highest BCUT2D eigenvalue weighted by molar-refractivity contribution is 14.1. The average Bonchev–Trinajstić information content (AvgIpc) is 3.15. The summed E-state index contributed by atoms with van der Waals surface area (Å²) in [5, 5.41) is 10.8. The van der Waals surface area contributed by atoms with Crippen LogP contribution in [0.25, 0.3) is 0 Å². The zero-order chi connectivity index (χ0) is 21.0. The summed E-state index contributed by atoms with van der Waals surface area (Å²) < 4.78 is 24.3. The van der Waals surface area contributed by atoms with Gasteiger partial charge in [-0.05, 0) is 71.1 Å². The second-order valence-electron chi connectivity index (χ2n) is 8.37. The molecule has 3 saturated heterocycles. The standard InChI is InChI=1S/C21H32ClIO6/c1-12(23)9-13(22)3-4-14-5-7-17(27-14)19-11-16(24)21-18(29-19)8-6-15(28-21)10-20(25)26-2/h13-19,21,24H,1,3-11H2,2H3. The Morgan fingerprint density at radius 2 is 1.90 bits per heavy atom. The Balaban J connectivity index is 1.45. The van der Waals surface area contributed by atoms with Crippen LogP contribution in [-0.2, 0) is 23.7 Å². The molecule has 3 fully saturated rings. The molecule has 0 amide bonds. The van der Waals surface area contributed by atoms with Gasteiger partial charge in [0.1, 0.15) is 6.10 Å². The molecule has 3 rings (SSSR count). The highest BCUT2D eigenvalue weighted by Gasteiger charge is 2.46. The van der Waals surface area contributed by atoms with E-state index in [1.165, 1.54) is 7.11 Å². The maximum absolute atomic E-state index is 11.5. The third-order valence-corrected chi connectivity index (χ3v) is 6.93. The number of hydrogen-bond donors (Lipinski definition) is 1. The number of aliphatic hydroxyl groups is 1. The van der Waals surface area contributed by atoms with E-state index in [1.54, 1.807) is 0 Å². The largest absolute Gasteiger partial charge is 0.469 e. The van der Waals surface area contributed by atoms with Gasteiger partial charge in [-0.25, -0.2) is 0 Å². The van der Waals surface area contributed by atoms with E-state index in [4.69, 9.17) is 30.5 Å². The summed E-state index contributed by atoms with van der Waals surface area (Å²) in [6.45, 7) is 3.91. The van der Waals surface area contributed by atoms with Gasteiger partial charge in [0.15, 0.2) is 0 Å². The summed E-state index contributed by atoms with van der Waals surface area (Å²) >= 11 is 8.59. The minimum Gasteiger partial charge on any atom is -0.469 e. The van der Waals surface area contributed by atoms with Crippen molar-refractivity contribution in [3.05, 3.63) is 10.2 Å². The predicted molar refractivity (Wildman–Crippen MR) is 118 cm³/mol. The number of halogens is 2. The van der Waals surface area contributed by atoms with E-state index in [2.05, 4.69) is 29.2 Å². The first-order valence-corrected chi connectivity index (χ1v) is 12.1. The average molecular weight is 543 g/mol. The van der Waals surface area contributed by atoms with Crippen molar-refractivity contribution in [2.75, 3.05) is 7.11 Å². The number of methoxy groups -OCH3 is 1.